The quantitative estimate of drug-likeness (QED) is 0.718. The minimum Gasteiger partial charge on any atom is -0.396 e. The smallest absolute Gasteiger partial charge is 0.211 e. The molecule has 1 rings (SSSR count). The minimum atomic E-state index is -3.01. The van der Waals surface area contributed by atoms with Gasteiger partial charge >= 0.3 is 0 Å². The number of unbranched alkanes of at least 4 members (excludes halogenated alkanes) is 1. The Bertz CT molecular complexity index is 276. The van der Waals surface area contributed by atoms with Crippen LogP contribution in [0.5, 0.6) is 0 Å². The van der Waals surface area contributed by atoms with Gasteiger partial charge in [0.05, 0.1) is 6.26 Å². The number of sulfonamides is 1. The summed E-state index contributed by atoms with van der Waals surface area (Å²) in [6.07, 6.45) is 6.23. The van der Waals surface area contributed by atoms with E-state index in [0.717, 1.165) is 32.1 Å². The average Bonchev–Trinajstić information content (AvgIpc) is 2.17. The zero-order valence-corrected chi connectivity index (χ0v) is 10.2. The second-order valence-electron chi connectivity index (χ2n) is 4.35. The first-order valence-corrected chi connectivity index (χ1v) is 7.45. The zero-order valence-electron chi connectivity index (χ0n) is 9.35. The van der Waals surface area contributed by atoms with Crippen molar-refractivity contribution >= 4 is 10.0 Å². The third kappa shape index (κ3) is 4.49. The third-order valence-corrected chi connectivity index (χ3v) is 4.24. The maximum Gasteiger partial charge on any atom is 0.211 e. The van der Waals surface area contributed by atoms with Crippen LogP contribution in [0.2, 0.25) is 0 Å². The van der Waals surface area contributed by atoms with Gasteiger partial charge in [0.1, 0.15) is 0 Å². The van der Waals surface area contributed by atoms with Gasteiger partial charge in [-0.25, -0.2) is 12.7 Å². The van der Waals surface area contributed by atoms with E-state index in [9.17, 15) is 8.42 Å². The molecule has 0 aromatic carbocycles. The van der Waals surface area contributed by atoms with Gasteiger partial charge in [-0.2, -0.15) is 0 Å². The summed E-state index contributed by atoms with van der Waals surface area (Å²) >= 11 is 0. The molecule has 1 unspecified atom stereocenters. The van der Waals surface area contributed by atoms with Gasteiger partial charge in [-0.3, -0.25) is 0 Å². The molecule has 0 spiro atoms. The second-order valence-corrected chi connectivity index (χ2v) is 6.33. The van der Waals surface area contributed by atoms with Crippen LogP contribution in [0.25, 0.3) is 0 Å². The van der Waals surface area contributed by atoms with Crippen molar-refractivity contribution in [3.05, 3.63) is 0 Å². The van der Waals surface area contributed by atoms with Crippen molar-refractivity contribution in [2.24, 2.45) is 5.92 Å². The summed E-state index contributed by atoms with van der Waals surface area (Å²) in [4.78, 5) is 0. The van der Waals surface area contributed by atoms with Crippen LogP contribution in [0.3, 0.4) is 0 Å². The Labute approximate surface area is 92.3 Å². The molecule has 1 aliphatic heterocycles. The molecule has 0 amide bonds. The molecule has 0 aromatic rings. The van der Waals surface area contributed by atoms with Crippen LogP contribution < -0.4 is 0 Å². The Morgan fingerprint density at radius 3 is 2.73 bits per heavy atom. The standard InChI is InChI=1S/C10H21NO3S/c1-15(13,14)11-7-4-6-10(9-11)5-2-3-8-12/h10,12H,2-9H2,1H3. The fourth-order valence-corrected chi connectivity index (χ4v) is 3.05. The fourth-order valence-electron chi connectivity index (χ4n) is 2.11. The van der Waals surface area contributed by atoms with Crippen molar-refractivity contribution in [3.63, 3.8) is 0 Å². The van der Waals surface area contributed by atoms with Crippen molar-refractivity contribution < 1.29 is 13.5 Å². The van der Waals surface area contributed by atoms with Gasteiger partial charge in [-0.05, 0) is 31.6 Å². The Morgan fingerprint density at radius 2 is 2.13 bits per heavy atom. The molecular formula is C10H21NO3S. The Morgan fingerprint density at radius 1 is 1.40 bits per heavy atom. The summed E-state index contributed by atoms with van der Waals surface area (Å²) in [5.41, 5.74) is 0. The van der Waals surface area contributed by atoms with Crippen molar-refractivity contribution in [1.29, 1.82) is 0 Å². The zero-order chi connectivity index (χ0) is 11.3. The first-order valence-electron chi connectivity index (χ1n) is 5.60. The number of aliphatic hydroxyl groups excluding tert-OH is 1. The molecule has 1 heterocycles. The number of aliphatic hydroxyl groups is 1. The lowest BCUT2D eigenvalue weighted by Crippen LogP contribution is -2.39. The van der Waals surface area contributed by atoms with E-state index in [2.05, 4.69) is 0 Å². The Kier molecular flexibility index (Phi) is 5.02. The summed E-state index contributed by atoms with van der Waals surface area (Å²) in [5.74, 6) is 0.486. The topological polar surface area (TPSA) is 57.6 Å². The normalized spacial score (nSPS) is 24.3. The highest BCUT2D eigenvalue weighted by Crippen LogP contribution is 2.22. The van der Waals surface area contributed by atoms with Gasteiger partial charge in [0.25, 0.3) is 0 Å². The number of rotatable bonds is 5. The molecule has 1 N–H and O–H groups in total. The number of nitrogens with zero attached hydrogens (tertiary/aromatic N) is 1. The van der Waals surface area contributed by atoms with E-state index in [1.165, 1.54) is 6.26 Å². The van der Waals surface area contributed by atoms with E-state index in [1.54, 1.807) is 4.31 Å². The van der Waals surface area contributed by atoms with Gasteiger partial charge < -0.3 is 5.11 Å². The van der Waals surface area contributed by atoms with Crippen LogP contribution in [0.15, 0.2) is 0 Å². The second kappa shape index (κ2) is 5.82. The predicted octanol–water partition coefficient (Wildman–Crippen LogP) is 0.821. The van der Waals surface area contributed by atoms with Gasteiger partial charge in [0.15, 0.2) is 0 Å². The summed E-state index contributed by atoms with van der Waals surface area (Å²) in [6, 6.07) is 0. The molecule has 1 fully saturated rings. The fraction of sp³-hybridized carbons (Fsp3) is 1.00. The number of piperidine rings is 1. The molecule has 1 atom stereocenters. The molecule has 0 radical (unpaired) electrons. The first kappa shape index (κ1) is 12.9. The van der Waals surface area contributed by atoms with E-state index >= 15 is 0 Å². The lowest BCUT2D eigenvalue weighted by Gasteiger charge is -2.30. The first-order chi connectivity index (χ1) is 7.04. The summed E-state index contributed by atoms with van der Waals surface area (Å²) in [5, 5.41) is 8.67. The number of hydrogen-bond donors (Lipinski definition) is 1. The van der Waals surface area contributed by atoms with Crippen LogP contribution in [0.1, 0.15) is 32.1 Å². The van der Waals surface area contributed by atoms with Crippen LogP contribution in [0, 0.1) is 5.92 Å². The van der Waals surface area contributed by atoms with E-state index in [0.29, 0.717) is 19.0 Å². The van der Waals surface area contributed by atoms with Crippen LogP contribution in [0.4, 0.5) is 0 Å². The molecule has 15 heavy (non-hydrogen) atoms. The molecule has 4 nitrogen and oxygen atoms in total. The maximum atomic E-state index is 11.3. The van der Waals surface area contributed by atoms with Crippen LogP contribution >= 0.6 is 0 Å². The van der Waals surface area contributed by atoms with Gasteiger partial charge in [-0.1, -0.05) is 6.42 Å². The van der Waals surface area contributed by atoms with Gasteiger partial charge in [0, 0.05) is 19.7 Å². The third-order valence-electron chi connectivity index (χ3n) is 2.97. The summed E-state index contributed by atoms with van der Waals surface area (Å²) < 4.78 is 24.3. The lowest BCUT2D eigenvalue weighted by molar-refractivity contribution is 0.238. The molecule has 5 heteroatoms. The van der Waals surface area contributed by atoms with E-state index in [1.807, 2.05) is 0 Å². The Balaban J connectivity index is 2.36. The molecule has 0 saturated carbocycles. The summed E-state index contributed by atoms with van der Waals surface area (Å²) in [6.45, 7) is 1.59. The predicted molar refractivity (Wildman–Crippen MR) is 60.1 cm³/mol. The molecule has 1 aliphatic rings. The van der Waals surface area contributed by atoms with Crippen molar-refractivity contribution in [1.82, 2.24) is 4.31 Å². The molecule has 1 saturated heterocycles. The average molecular weight is 235 g/mol. The molecule has 0 aromatic heterocycles. The SMILES string of the molecule is CS(=O)(=O)N1CCCC(CCCCO)C1. The minimum absolute atomic E-state index is 0.239. The lowest BCUT2D eigenvalue weighted by atomic mass is 9.94. The molecule has 0 aliphatic carbocycles. The summed E-state index contributed by atoms with van der Waals surface area (Å²) in [7, 11) is -3.01. The van der Waals surface area contributed by atoms with Gasteiger partial charge in [0.2, 0.25) is 10.0 Å². The van der Waals surface area contributed by atoms with Crippen molar-refractivity contribution in [2.75, 3.05) is 26.0 Å². The van der Waals surface area contributed by atoms with E-state index < -0.39 is 10.0 Å². The highest BCUT2D eigenvalue weighted by molar-refractivity contribution is 7.88. The molecule has 90 valence electrons. The van der Waals surface area contributed by atoms with Crippen LogP contribution in [-0.2, 0) is 10.0 Å². The monoisotopic (exact) mass is 235 g/mol. The highest BCUT2D eigenvalue weighted by atomic mass is 32.2. The van der Waals surface area contributed by atoms with Gasteiger partial charge in [-0.15, -0.1) is 0 Å². The van der Waals surface area contributed by atoms with Crippen molar-refractivity contribution in [2.45, 2.75) is 32.1 Å². The Hall–Kier alpha value is -0.130. The van der Waals surface area contributed by atoms with E-state index in [4.69, 9.17) is 5.11 Å². The molecular weight excluding hydrogens is 214 g/mol. The van der Waals surface area contributed by atoms with E-state index in [-0.39, 0.29) is 6.61 Å². The number of hydrogen-bond acceptors (Lipinski definition) is 3. The largest absolute Gasteiger partial charge is 0.396 e. The van der Waals surface area contributed by atoms with Crippen LogP contribution in [-0.4, -0.2) is 43.8 Å². The highest BCUT2D eigenvalue weighted by Gasteiger charge is 2.25. The maximum absolute atomic E-state index is 11.3. The molecule has 0 bridgehead atoms. The van der Waals surface area contributed by atoms with Crippen molar-refractivity contribution in [3.8, 4) is 0 Å².